The molecule has 0 rings (SSSR count). The Hall–Kier alpha value is -0.750. The van der Waals surface area contributed by atoms with Crippen molar-refractivity contribution >= 4 is 5.91 Å². The number of nitrogens with zero attached hydrogens (tertiary/aromatic N) is 1. The van der Waals surface area contributed by atoms with E-state index in [-0.39, 0.29) is 13.2 Å². The molecule has 1 N–H and O–H groups in total. The second-order valence-corrected chi connectivity index (χ2v) is 3.58. The van der Waals surface area contributed by atoms with Crippen molar-refractivity contribution in [1.82, 2.24) is 4.90 Å². The number of methoxy groups -OCH3 is 1. The van der Waals surface area contributed by atoms with Gasteiger partial charge in [-0.1, -0.05) is 0 Å². The number of hydrogen-bond donors (Lipinski definition) is 1. The summed E-state index contributed by atoms with van der Waals surface area (Å²) in [5, 5.41) is 8.66. The number of ether oxygens (including phenoxy) is 1. The smallest absolute Gasteiger partial charge is 0.255 e. The third-order valence-electron chi connectivity index (χ3n) is 2.04. The van der Waals surface area contributed by atoms with Crippen LogP contribution in [0.2, 0.25) is 0 Å². The van der Waals surface area contributed by atoms with Gasteiger partial charge in [-0.05, 0) is 13.8 Å². The van der Waals surface area contributed by atoms with Crippen LogP contribution in [0.25, 0.3) is 0 Å². The summed E-state index contributed by atoms with van der Waals surface area (Å²) in [4.78, 5) is 12.6. The molecule has 0 fully saturated rings. The van der Waals surface area contributed by atoms with Gasteiger partial charge in [-0.15, -0.1) is 0 Å². The molecule has 0 saturated carbocycles. The summed E-state index contributed by atoms with van der Waals surface area (Å²) < 4.78 is 29.2. The summed E-state index contributed by atoms with van der Waals surface area (Å²) in [5.74, 6) is -0.556. The number of carbonyl (C=O) groups excluding carboxylic acids is 1. The molecule has 0 aliphatic heterocycles. The molecule has 0 aliphatic carbocycles. The maximum atomic E-state index is 12.1. The Kier molecular flexibility index (Phi) is 5.67. The van der Waals surface area contributed by atoms with Crippen molar-refractivity contribution < 1.29 is 23.4 Å². The first-order valence-corrected chi connectivity index (χ1v) is 4.58. The molecule has 0 aromatic carbocycles. The van der Waals surface area contributed by atoms with Crippen LogP contribution in [-0.4, -0.2) is 54.7 Å². The molecule has 90 valence electrons. The Morgan fingerprint density at radius 2 is 2.07 bits per heavy atom. The minimum absolute atomic E-state index is 0.115. The molecule has 0 aromatic heterocycles. The molecule has 0 bridgehead atoms. The number of carbonyl (C=O) groups is 1. The van der Waals surface area contributed by atoms with Crippen LogP contribution in [0.15, 0.2) is 0 Å². The van der Waals surface area contributed by atoms with Gasteiger partial charge in [0.05, 0.1) is 13.2 Å². The van der Waals surface area contributed by atoms with Gasteiger partial charge in [-0.2, -0.15) is 0 Å². The SMILES string of the molecule is COC(C)(C)C(=O)N(CCO)CC(F)F. The molecule has 0 saturated heterocycles. The largest absolute Gasteiger partial charge is 0.395 e. The lowest BCUT2D eigenvalue weighted by Crippen LogP contribution is -2.49. The average Bonchev–Trinajstić information content (AvgIpc) is 2.15. The Labute approximate surface area is 87.8 Å². The van der Waals surface area contributed by atoms with E-state index in [1.807, 2.05) is 0 Å². The molecule has 0 aliphatic rings. The second-order valence-electron chi connectivity index (χ2n) is 3.58. The summed E-state index contributed by atoms with van der Waals surface area (Å²) in [6.45, 7) is 1.83. The van der Waals surface area contributed by atoms with Gasteiger partial charge < -0.3 is 14.7 Å². The van der Waals surface area contributed by atoms with Gasteiger partial charge in [-0.25, -0.2) is 8.78 Å². The van der Waals surface area contributed by atoms with Crippen LogP contribution < -0.4 is 0 Å². The number of hydrogen-bond acceptors (Lipinski definition) is 3. The number of rotatable bonds is 6. The molecule has 0 aromatic rings. The standard InChI is InChI=1S/C9H17F2NO3/c1-9(2,15-3)8(14)12(4-5-13)6-7(10)11/h7,13H,4-6H2,1-3H3. The Bertz CT molecular complexity index is 210. The fourth-order valence-corrected chi connectivity index (χ4v) is 1.03. The van der Waals surface area contributed by atoms with Crippen LogP contribution in [0.4, 0.5) is 8.78 Å². The van der Waals surface area contributed by atoms with E-state index in [2.05, 4.69) is 0 Å². The first-order valence-electron chi connectivity index (χ1n) is 4.58. The van der Waals surface area contributed by atoms with Crippen LogP contribution >= 0.6 is 0 Å². The summed E-state index contributed by atoms with van der Waals surface area (Å²) in [6.07, 6.45) is -2.62. The van der Waals surface area contributed by atoms with Crippen LogP contribution in [0, 0.1) is 0 Å². The third-order valence-corrected chi connectivity index (χ3v) is 2.04. The number of aliphatic hydroxyl groups is 1. The highest BCUT2D eigenvalue weighted by Crippen LogP contribution is 2.13. The molecule has 1 amide bonds. The van der Waals surface area contributed by atoms with Crippen molar-refractivity contribution in [2.24, 2.45) is 0 Å². The molecule has 0 unspecified atom stereocenters. The first kappa shape index (κ1) is 14.2. The van der Waals surface area contributed by atoms with Crippen molar-refractivity contribution in [2.75, 3.05) is 26.8 Å². The lowest BCUT2D eigenvalue weighted by Gasteiger charge is -2.30. The van der Waals surface area contributed by atoms with Gasteiger partial charge in [0.15, 0.2) is 0 Å². The highest BCUT2D eigenvalue weighted by atomic mass is 19.3. The van der Waals surface area contributed by atoms with E-state index < -0.39 is 24.5 Å². The van der Waals surface area contributed by atoms with Crippen molar-refractivity contribution in [3.8, 4) is 0 Å². The Balaban J connectivity index is 4.54. The monoisotopic (exact) mass is 225 g/mol. The maximum Gasteiger partial charge on any atom is 0.255 e. The molecular formula is C9H17F2NO3. The van der Waals surface area contributed by atoms with E-state index in [1.165, 1.54) is 21.0 Å². The lowest BCUT2D eigenvalue weighted by molar-refractivity contribution is -0.153. The van der Waals surface area contributed by atoms with E-state index in [1.54, 1.807) is 0 Å². The first-order chi connectivity index (χ1) is 6.85. The fraction of sp³-hybridized carbons (Fsp3) is 0.889. The number of alkyl halides is 2. The molecule has 6 heteroatoms. The zero-order chi connectivity index (χ0) is 12.1. The number of halogens is 2. The zero-order valence-electron chi connectivity index (χ0n) is 9.17. The van der Waals surface area contributed by atoms with E-state index in [4.69, 9.17) is 9.84 Å². The Morgan fingerprint density at radius 3 is 2.40 bits per heavy atom. The number of amides is 1. The van der Waals surface area contributed by atoms with Crippen molar-refractivity contribution in [2.45, 2.75) is 25.9 Å². The minimum atomic E-state index is -2.62. The van der Waals surface area contributed by atoms with Crippen molar-refractivity contribution in [3.63, 3.8) is 0 Å². The van der Waals surface area contributed by atoms with Gasteiger partial charge in [0.25, 0.3) is 12.3 Å². The quantitative estimate of drug-likeness (QED) is 0.716. The maximum absolute atomic E-state index is 12.1. The second kappa shape index (κ2) is 5.97. The van der Waals surface area contributed by atoms with Crippen LogP contribution in [0.5, 0.6) is 0 Å². The van der Waals surface area contributed by atoms with Gasteiger partial charge in [0.1, 0.15) is 5.60 Å². The molecule has 0 spiro atoms. The summed E-state index contributed by atoms with van der Waals surface area (Å²) in [7, 11) is 1.33. The molecule has 4 nitrogen and oxygen atoms in total. The van der Waals surface area contributed by atoms with Crippen LogP contribution in [0.3, 0.4) is 0 Å². The van der Waals surface area contributed by atoms with Crippen LogP contribution in [-0.2, 0) is 9.53 Å². The average molecular weight is 225 g/mol. The summed E-state index contributed by atoms with van der Waals surface area (Å²) in [5.41, 5.74) is -1.15. The molecule has 0 radical (unpaired) electrons. The molecule has 0 heterocycles. The Morgan fingerprint density at radius 1 is 1.53 bits per heavy atom. The zero-order valence-corrected chi connectivity index (χ0v) is 9.17. The molecular weight excluding hydrogens is 208 g/mol. The van der Waals surface area contributed by atoms with E-state index in [9.17, 15) is 13.6 Å². The van der Waals surface area contributed by atoms with Gasteiger partial charge in [0, 0.05) is 13.7 Å². The van der Waals surface area contributed by atoms with Crippen molar-refractivity contribution in [1.29, 1.82) is 0 Å². The third kappa shape index (κ3) is 4.53. The highest BCUT2D eigenvalue weighted by Gasteiger charge is 2.32. The normalized spacial score (nSPS) is 11.9. The van der Waals surface area contributed by atoms with E-state index >= 15 is 0 Å². The van der Waals surface area contributed by atoms with Gasteiger partial charge >= 0.3 is 0 Å². The minimum Gasteiger partial charge on any atom is -0.395 e. The fourth-order valence-electron chi connectivity index (χ4n) is 1.03. The predicted molar refractivity (Wildman–Crippen MR) is 50.8 cm³/mol. The van der Waals surface area contributed by atoms with Gasteiger partial charge in [0.2, 0.25) is 0 Å². The van der Waals surface area contributed by atoms with Crippen molar-refractivity contribution in [3.05, 3.63) is 0 Å². The topological polar surface area (TPSA) is 49.8 Å². The molecule has 15 heavy (non-hydrogen) atoms. The lowest BCUT2D eigenvalue weighted by atomic mass is 10.1. The summed E-state index contributed by atoms with van der Waals surface area (Å²) in [6, 6.07) is 0. The highest BCUT2D eigenvalue weighted by molar-refractivity contribution is 5.84. The summed E-state index contributed by atoms with van der Waals surface area (Å²) >= 11 is 0. The van der Waals surface area contributed by atoms with Gasteiger partial charge in [-0.3, -0.25) is 4.79 Å². The van der Waals surface area contributed by atoms with Crippen LogP contribution in [0.1, 0.15) is 13.8 Å². The molecule has 0 atom stereocenters. The number of aliphatic hydroxyl groups excluding tert-OH is 1. The van der Waals surface area contributed by atoms with E-state index in [0.29, 0.717) is 0 Å². The van der Waals surface area contributed by atoms with E-state index in [0.717, 1.165) is 4.90 Å². The predicted octanol–water partition coefficient (Wildman–Crippen LogP) is 0.497.